The van der Waals surface area contributed by atoms with Crippen molar-refractivity contribution in [3.8, 4) is 5.88 Å². The van der Waals surface area contributed by atoms with E-state index in [2.05, 4.69) is 10.3 Å². The smallest absolute Gasteiger partial charge is 0.257 e. The zero-order valence-electron chi connectivity index (χ0n) is 16.1. The summed E-state index contributed by atoms with van der Waals surface area (Å²) in [5.41, 5.74) is 1.78. The van der Waals surface area contributed by atoms with E-state index >= 15 is 0 Å². The van der Waals surface area contributed by atoms with Crippen molar-refractivity contribution in [1.82, 2.24) is 10.3 Å². The Morgan fingerprint density at radius 2 is 2.10 bits per heavy atom. The number of nitrogens with zero attached hydrogens (tertiary/aromatic N) is 2. The maximum atomic E-state index is 13.2. The molecular weight excluding hydrogens is 386 g/mol. The minimum absolute atomic E-state index is 0.00811. The van der Waals surface area contributed by atoms with Crippen LogP contribution in [-0.2, 0) is 16.1 Å². The van der Waals surface area contributed by atoms with E-state index in [-0.39, 0.29) is 17.9 Å². The Morgan fingerprint density at radius 3 is 2.97 bits per heavy atom. The summed E-state index contributed by atoms with van der Waals surface area (Å²) in [4.78, 5) is 31.8. The van der Waals surface area contributed by atoms with E-state index in [1.54, 1.807) is 11.1 Å². The predicted molar refractivity (Wildman–Crippen MR) is 111 cm³/mol. The zero-order valence-corrected chi connectivity index (χ0v) is 16.9. The number of rotatable bonds is 5. The van der Waals surface area contributed by atoms with Crippen molar-refractivity contribution in [2.75, 3.05) is 4.90 Å². The Morgan fingerprint density at radius 1 is 1.28 bits per heavy atom. The van der Waals surface area contributed by atoms with Crippen molar-refractivity contribution in [3.05, 3.63) is 48.2 Å². The lowest BCUT2D eigenvalue weighted by Gasteiger charge is -2.29. The van der Waals surface area contributed by atoms with E-state index in [0.29, 0.717) is 25.3 Å². The van der Waals surface area contributed by atoms with Crippen LogP contribution in [0.1, 0.15) is 44.1 Å². The first-order valence-electron chi connectivity index (χ1n) is 10.2. The second kappa shape index (κ2) is 7.37. The minimum atomic E-state index is -0.878. The van der Waals surface area contributed by atoms with Crippen LogP contribution in [0.3, 0.4) is 0 Å². The number of benzene rings is 1. The van der Waals surface area contributed by atoms with Crippen LogP contribution in [-0.4, -0.2) is 27.8 Å². The molecule has 1 N–H and O–H groups in total. The number of pyridine rings is 1. The number of thioether (sulfide) groups is 1. The van der Waals surface area contributed by atoms with Crippen molar-refractivity contribution >= 4 is 29.3 Å². The third-order valence-electron chi connectivity index (χ3n) is 5.87. The minimum Gasteiger partial charge on any atom is -0.474 e. The van der Waals surface area contributed by atoms with Gasteiger partial charge < -0.3 is 10.1 Å². The number of aromatic nitrogens is 1. The molecule has 150 valence electrons. The van der Waals surface area contributed by atoms with E-state index in [4.69, 9.17) is 4.74 Å². The number of anilines is 1. The van der Waals surface area contributed by atoms with Crippen LogP contribution in [0.2, 0.25) is 0 Å². The number of ether oxygens (including phenoxy) is 1. The molecule has 2 aromatic rings. The van der Waals surface area contributed by atoms with Gasteiger partial charge in [-0.2, -0.15) is 0 Å². The molecule has 1 aromatic carbocycles. The summed E-state index contributed by atoms with van der Waals surface area (Å²) in [6.45, 7) is 0.378. The number of nitrogens with one attached hydrogen (secondary N) is 1. The summed E-state index contributed by atoms with van der Waals surface area (Å²) in [6.07, 6.45) is 7.44. The lowest BCUT2D eigenvalue weighted by molar-refractivity contribution is -0.124. The van der Waals surface area contributed by atoms with Crippen LogP contribution in [0.25, 0.3) is 0 Å². The number of carbonyl (C=O) groups excluding carboxylic acids is 2. The van der Waals surface area contributed by atoms with Crippen LogP contribution in [0.5, 0.6) is 5.88 Å². The van der Waals surface area contributed by atoms with Gasteiger partial charge in [0.25, 0.3) is 5.91 Å². The van der Waals surface area contributed by atoms with Crippen molar-refractivity contribution in [2.24, 2.45) is 0 Å². The largest absolute Gasteiger partial charge is 0.474 e. The molecule has 1 unspecified atom stereocenters. The summed E-state index contributed by atoms with van der Waals surface area (Å²) >= 11 is 1.48. The van der Waals surface area contributed by atoms with Gasteiger partial charge in [-0.1, -0.05) is 23.9 Å². The molecule has 0 radical (unpaired) electrons. The average molecular weight is 410 g/mol. The molecule has 3 aliphatic rings. The molecule has 7 heteroatoms. The number of fused-ring (bicyclic) bond motifs is 3. The van der Waals surface area contributed by atoms with Gasteiger partial charge in [0, 0.05) is 30.1 Å². The van der Waals surface area contributed by atoms with Crippen molar-refractivity contribution in [2.45, 2.75) is 60.9 Å². The highest BCUT2D eigenvalue weighted by molar-refractivity contribution is 8.02. The maximum Gasteiger partial charge on any atom is 0.257 e. The molecule has 3 heterocycles. The van der Waals surface area contributed by atoms with Gasteiger partial charge in [0.15, 0.2) is 4.87 Å². The van der Waals surface area contributed by atoms with Gasteiger partial charge in [-0.25, -0.2) is 4.98 Å². The molecule has 1 saturated heterocycles. The van der Waals surface area contributed by atoms with E-state index < -0.39 is 4.87 Å². The standard InChI is InChI=1S/C22H23N3O3S/c26-20-9-11-22(25(20)17-7-3-4-8-18(17)29-22)21(27)24-14-15-10-12-23-19(13-15)28-16-5-1-2-6-16/h3-4,7-8,10,12-13,16H,1-2,5-6,9,11,14H2,(H,24,27). The monoisotopic (exact) mass is 409 g/mol. The van der Waals surface area contributed by atoms with Crippen LogP contribution in [0.4, 0.5) is 5.69 Å². The van der Waals surface area contributed by atoms with Crippen LogP contribution < -0.4 is 15.0 Å². The number of hydrogen-bond donors (Lipinski definition) is 1. The second-order valence-electron chi connectivity index (χ2n) is 7.79. The number of carbonyl (C=O) groups is 2. The molecule has 1 atom stereocenters. The highest BCUT2D eigenvalue weighted by Crippen LogP contribution is 2.55. The Labute approximate surface area is 174 Å². The Hall–Kier alpha value is -2.54. The molecule has 2 amide bonds. The first-order chi connectivity index (χ1) is 14.2. The maximum absolute atomic E-state index is 13.2. The Bertz CT molecular complexity index is 960. The van der Waals surface area contributed by atoms with Crippen LogP contribution in [0.15, 0.2) is 47.5 Å². The van der Waals surface area contributed by atoms with Crippen LogP contribution in [0, 0.1) is 0 Å². The van der Waals surface area contributed by atoms with E-state index in [9.17, 15) is 9.59 Å². The highest BCUT2D eigenvalue weighted by atomic mass is 32.2. The van der Waals surface area contributed by atoms with Gasteiger partial charge in [0.2, 0.25) is 11.8 Å². The number of amides is 2. The molecule has 6 nitrogen and oxygen atoms in total. The summed E-state index contributed by atoms with van der Waals surface area (Å²) in [5, 5.41) is 3.04. The molecule has 2 aliphatic heterocycles. The Balaban J connectivity index is 1.29. The number of para-hydroxylation sites is 1. The highest BCUT2D eigenvalue weighted by Gasteiger charge is 2.57. The van der Waals surface area contributed by atoms with Crippen molar-refractivity contribution < 1.29 is 14.3 Å². The first-order valence-corrected chi connectivity index (χ1v) is 11.0. The molecule has 29 heavy (non-hydrogen) atoms. The fourth-order valence-electron chi connectivity index (χ4n) is 4.42. The molecule has 1 aromatic heterocycles. The van der Waals surface area contributed by atoms with Crippen molar-refractivity contribution in [1.29, 1.82) is 0 Å². The molecule has 0 spiro atoms. The number of hydrogen-bond acceptors (Lipinski definition) is 5. The van der Waals surface area contributed by atoms with Gasteiger partial charge in [-0.15, -0.1) is 0 Å². The van der Waals surface area contributed by atoms with Gasteiger partial charge in [-0.05, 0) is 55.9 Å². The Kier molecular flexibility index (Phi) is 4.70. The SMILES string of the molecule is O=C1CCC2(C(=O)NCc3ccnc(OC4CCCC4)c3)Sc3ccccc3N12. The second-order valence-corrected chi connectivity index (χ2v) is 9.11. The molecule has 0 bridgehead atoms. The fourth-order valence-corrected chi connectivity index (χ4v) is 5.86. The molecule has 2 fully saturated rings. The summed E-state index contributed by atoms with van der Waals surface area (Å²) in [7, 11) is 0. The topological polar surface area (TPSA) is 71.5 Å². The lowest BCUT2D eigenvalue weighted by Crippen LogP contribution is -2.52. The van der Waals surface area contributed by atoms with Gasteiger partial charge in [0.1, 0.15) is 6.10 Å². The first kappa shape index (κ1) is 18.5. The molecule has 1 saturated carbocycles. The van der Waals surface area contributed by atoms with Gasteiger partial charge in [0.05, 0.1) is 5.69 Å². The summed E-state index contributed by atoms with van der Waals surface area (Å²) in [6, 6.07) is 11.5. The van der Waals surface area contributed by atoms with Crippen molar-refractivity contribution in [3.63, 3.8) is 0 Å². The summed E-state index contributed by atoms with van der Waals surface area (Å²) in [5.74, 6) is 0.496. The van der Waals surface area contributed by atoms with Gasteiger partial charge >= 0.3 is 0 Å². The van der Waals surface area contributed by atoms with Crippen LogP contribution >= 0.6 is 11.8 Å². The quantitative estimate of drug-likeness (QED) is 0.816. The average Bonchev–Trinajstić information content (AvgIpc) is 3.43. The third kappa shape index (κ3) is 3.27. The normalized spacial score (nSPS) is 23.2. The van der Waals surface area contributed by atoms with E-state index in [1.165, 1.54) is 24.6 Å². The lowest BCUT2D eigenvalue weighted by atomic mass is 10.1. The molecular formula is C22H23N3O3S. The van der Waals surface area contributed by atoms with E-state index in [1.807, 2.05) is 36.4 Å². The summed E-state index contributed by atoms with van der Waals surface area (Å²) < 4.78 is 5.97. The fraction of sp³-hybridized carbons (Fsp3) is 0.409. The van der Waals surface area contributed by atoms with E-state index in [0.717, 1.165) is 29.0 Å². The third-order valence-corrected chi connectivity index (χ3v) is 7.34. The predicted octanol–water partition coefficient (Wildman–Crippen LogP) is 3.65. The molecule has 1 aliphatic carbocycles. The zero-order chi connectivity index (χ0) is 19.8. The molecule has 5 rings (SSSR count). The van der Waals surface area contributed by atoms with Gasteiger partial charge in [-0.3, -0.25) is 14.5 Å².